The molecule has 2 N–H and O–H groups in total. The van der Waals surface area contributed by atoms with Crippen LogP contribution in [0.2, 0.25) is 0 Å². The van der Waals surface area contributed by atoms with Crippen LogP contribution in [0.4, 0.5) is 10.1 Å². The molecule has 0 aliphatic carbocycles. The van der Waals surface area contributed by atoms with Gasteiger partial charge in [0.05, 0.1) is 4.92 Å². The second kappa shape index (κ2) is 5.01. The Morgan fingerprint density at radius 1 is 1.53 bits per heavy atom. The molecule has 1 fully saturated rings. The van der Waals surface area contributed by atoms with Gasteiger partial charge in [-0.1, -0.05) is 6.07 Å². The van der Waals surface area contributed by atoms with Gasteiger partial charge in [0.2, 0.25) is 5.82 Å². The van der Waals surface area contributed by atoms with E-state index in [2.05, 4.69) is 0 Å². The van der Waals surface area contributed by atoms with Gasteiger partial charge in [-0.3, -0.25) is 10.1 Å². The van der Waals surface area contributed by atoms with E-state index < -0.39 is 16.4 Å². The Kier molecular flexibility index (Phi) is 3.63. The zero-order valence-electron chi connectivity index (χ0n) is 9.14. The van der Waals surface area contributed by atoms with Gasteiger partial charge >= 0.3 is 5.69 Å². The molecule has 2 rings (SSSR count). The van der Waals surface area contributed by atoms with Crippen LogP contribution in [0, 0.1) is 21.8 Å². The predicted molar refractivity (Wildman–Crippen MR) is 65.5 cm³/mol. The lowest BCUT2D eigenvalue weighted by molar-refractivity contribution is -0.387. The minimum atomic E-state index is -0.772. The Morgan fingerprint density at radius 3 is 2.82 bits per heavy atom. The third-order valence-electron chi connectivity index (χ3n) is 2.95. The van der Waals surface area contributed by atoms with Crippen LogP contribution in [0.3, 0.4) is 0 Å². The number of nitro benzene ring substituents is 1. The van der Waals surface area contributed by atoms with Crippen molar-refractivity contribution in [1.82, 2.24) is 0 Å². The molecule has 6 heteroatoms. The van der Waals surface area contributed by atoms with Crippen molar-refractivity contribution in [3.05, 3.63) is 39.7 Å². The molecule has 0 aromatic heterocycles. The summed E-state index contributed by atoms with van der Waals surface area (Å²) in [6.07, 6.45) is 0.684. The zero-order valence-corrected chi connectivity index (χ0v) is 9.95. The van der Waals surface area contributed by atoms with Crippen molar-refractivity contribution >= 4 is 17.4 Å². The van der Waals surface area contributed by atoms with E-state index in [0.29, 0.717) is 12.3 Å². The molecule has 2 unspecified atom stereocenters. The summed E-state index contributed by atoms with van der Waals surface area (Å²) in [6.45, 7) is 0. The number of halogens is 1. The van der Waals surface area contributed by atoms with Crippen molar-refractivity contribution in [3.8, 4) is 0 Å². The highest BCUT2D eigenvalue weighted by Crippen LogP contribution is 2.27. The van der Waals surface area contributed by atoms with Crippen molar-refractivity contribution in [2.24, 2.45) is 11.7 Å². The van der Waals surface area contributed by atoms with Gasteiger partial charge in [-0.15, -0.1) is 0 Å². The highest BCUT2D eigenvalue weighted by Gasteiger charge is 2.25. The fraction of sp³-hybridized carbons (Fsp3) is 0.455. The highest BCUT2D eigenvalue weighted by atomic mass is 32.2. The molecule has 92 valence electrons. The molecule has 0 amide bonds. The first-order valence-corrected chi connectivity index (χ1v) is 6.49. The fourth-order valence-electron chi connectivity index (χ4n) is 1.95. The van der Waals surface area contributed by atoms with E-state index >= 15 is 0 Å². The van der Waals surface area contributed by atoms with Crippen LogP contribution in [0.5, 0.6) is 0 Å². The molecule has 1 aromatic rings. The fourth-order valence-corrected chi connectivity index (χ4v) is 3.30. The molecular weight excluding hydrogens is 243 g/mol. The van der Waals surface area contributed by atoms with E-state index in [1.807, 2.05) is 0 Å². The van der Waals surface area contributed by atoms with Gasteiger partial charge in [-0.25, -0.2) is 0 Å². The second-order valence-electron chi connectivity index (χ2n) is 4.21. The van der Waals surface area contributed by atoms with Crippen LogP contribution in [0.15, 0.2) is 18.2 Å². The minimum Gasteiger partial charge on any atom is -0.327 e. The van der Waals surface area contributed by atoms with Gasteiger partial charge in [0, 0.05) is 17.9 Å². The number of nitrogens with zero attached hydrogens (tertiary/aromatic N) is 1. The predicted octanol–water partition coefficient (Wildman–Crippen LogP) is 1.97. The number of nitro groups is 1. The number of nitrogens with two attached hydrogens (primary N) is 1. The summed E-state index contributed by atoms with van der Waals surface area (Å²) in [5.41, 5.74) is 6.22. The van der Waals surface area contributed by atoms with Gasteiger partial charge in [0.1, 0.15) is 0 Å². The smallest absolute Gasteiger partial charge is 0.304 e. The summed E-state index contributed by atoms with van der Waals surface area (Å²) in [6, 6.07) is 4.21. The van der Waals surface area contributed by atoms with Crippen molar-refractivity contribution in [1.29, 1.82) is 0 Å². The highest BCUT2D eigenvalue weighted by molar-refractivity contribution is 7.99. The molecule has 1 aliphatic heterocycles. The Hall–Kier alpha value is -1.14. The summed E-state index contributed by atoms with van der Waals surface area (Å²) >= 11 is 1.79. The normalized spacial score (nSPS) is 23.9. The van der Waals surface area contributed by atoms with Gasteiger partial charge in [-0.2, -0.15) is 16.2 Å². The van der Waals surface area contributed by atoms with E-state index in [0.717, 1.165) is 17.1 Å². The third kappa shape index (κ3) is 2.76. The van der Waals surface area contributed by atoms with E-state index in [1.54, 1.807) is 17.8 Å². The van der Waals surface area contributed by atoms with Crippen molar-refractivity contribution in [3.63, 3.8) is 0 Å². The number of hydrogen-bond acceptors (Lipinski definition) is 4. The summed E-state index contributed by atoms with van der Waals surface area (Å²) < 4.78 is 13.4. The lowest BCUT2D eigenvalue weighted by Gasteiger charge is -2.13. The minimum absolute atomic E-state index is 0.137. The Morgan fingerprint density at radius 2 is 2.29 bits per heavy atom. The lowest BCUT2D eigenvalue weighted by Crippen LogP contribution is -2.29. The maximum atomic E-state index is 13.4. The maximum absolute atomic E-state index is 13.4. The summed E-state index contributed by atoms with van der Waals surface area (Å²) in [5, 5.41) is 10.5. The Bertz CT molecular complexity index is 441. The van der Waals surface area contributed by atoms with Crippen LogP contribution >= 0.6 is 11.8 Å². The van der Waals surface area contributed by atoms with E-state index in [4.69, 9.17) is 5.73 Å². The van der Waals surface area contributed by atoms with Crippen LogP contribution in [0.1, 0.15) is 5.56 Å². The SMILES string of the molecule is NC1CSCC1Cc1ccc([N+](=O)[O-])c(F)c1. The number of benzene rings is 1. The monoisotopic (exact) mass is 256 g/mol. The van der Waals surface area contributed by atoms with E-state index in [9.17, 15) is 14.5 Å². The molecular formula is C11H13FN2O2S. The summed E-state index contributed by atoms with van der Waals surface area (Å²) in [5.74, 6) is 1.47. The van der Waals surface area contributed by atoms with Crippen molar-refractivity contribution in [2.45, 2.75) is 12.5 Å². The number of thioether (sulfide) groups is 1. The van der Waals surface area contributed by atoms with Crippen LogP contribution in [-0.4, -0.2) is 22.5 Å². The molecule has 2 atom stereocenters. The molecule has 1 saturated heterocycles. The summed E-state index contributed by atoms with van der Waals surface area (Å²) in [4.78, 5) is 9.76. The quantitative estimate of drug-likeness (QED) is 0.663. The van der Waals surface area contributed by atoms with E-state index in [1.165, 1.54) is 12.1 Å². The second-order valence-corrected chi connectivity index (χ2v) is 5.28. The molecule has 0 saturated carbocycles. The van der Waals surface area contributed by atoms with Gasteiger partial charge < -0.3 is 5.73 Å². The molecule has 17 heavy (non-hydrogen) atoms. The first-order valence-electron chi connectivity index (χ1n) is 5.34. The molecule has 0 spiro atoms. The van der Waals surface area contributed by atoms with Gasteiger partial charge in [0.25, 0.3) is 0 Å². The molecule has 4 nitrogen and oxygen atoms in total. The molecule has 1 aliphatic rings. The molecule has 0 bridgehead atoms. The van der Waals surface area contributed by atoms with Crippen molar-refractivity contribution < 1.29 is 9.31 Å². The maximum Gasteiger partial charge on any atom is 0.304 e. The topological polar surface area (TPSA) is 69.2 Å². The molecule has 1 aromatic carbocycles. The first-order chi connectivity index (χ1) is 8.08. The van der Waals surface area contributed by atoms with Gasteiger partial charge in [-0.05, 0) is 29.7 Å². The van der Waals surface area contributed by atoms with Gasteiger partial charge in [0.15, 0.2) is 0 Å². The standard InChI is InChI=1S/C11H13FN2O2S/c12-9-4-7(1-2-11(9)14(15)16)3-8-5-17-6-10(8)13/h1-2,4,8,10H,3,5-6,13H2. The average molecular weight is 256 g/mol. The molecule has 0 radical (unpaired) electrons. The van der Waals surface area contributed by atoms with Crippen LogP contribution in [-0.2, 0) is 6.42 Å². The number of hydrogen-bond donors (Lipinski definition) is 1. The lowest BCUT2D eigenvalue weighted by atomic mass is 9.95. The average Bonchev–Trinajstić information content (AvgIpc) is 2.64. The Balaban J connectivity index is 2.12. The van der Waals surface area contributed by atoms with Crippen molar-refractivity contribution in [2.75, 3.05) is 11.5 Å². The van der Waals surface area contributed by atoms with Crippen LogP contribution in [0.25, 0.3) is 0 Å². The molecule has 1 heterocycles. The summed E-state index contributed by atoms with van der Waals surface area (Å²) in [7, 11) is 0. The zero-order chi connectivity index (χ0) is 12.4. The Labute approximate surface area is 103 Å². The first kappa shape index (κ1) is 12.3. The third-order valence-corrected chi connectivity index (χ3v) is 4.24. The largest absolute Gasteiger partial charge is 0.327 e. The van der Waals surface area contributed by atoms with E-state index in [-0.39, 0.29) is 6.04 Å². The van der Waals surface area contributed by atoms with Crippen LogP contribution < -0.4 is 5.73 Å². The number of rotatable bonds is 3.